The number of aliphatic carboxylic acids is 2. The van der Waals surface area contributed by atoms with Crippen LogP contribution in [0.3, 0.4) is 0 Å². The van der Waals surface area contributed by atoms with E-state index in [-0.39, 0.29) is 12.0 Å². The minimum atomic E-state index is -1.08. The van der Waals surface area contributed by atoms with Crippen LogP contribution in [-0.2, 0) is 9.59 Å². The second kappa shape index (κ2) is 11.0. The number of hydrogen-bond acceptors (Lipinski definition) is 3. The summed E-state index contributed by atoms with van der Waals surface area (Å²) >= 11 is 0. The summed E-state index contributed by atoms with van der Waals surface area (Å²) in [4.78, 5) is 21.3. The fraction of sp³-hybridized carbons (Fsp3) is 0.647. The molecule has 1 aliphatic carbocycles. The molecule has 0 aromatic carbocycles. The quantitative estimate of drug-likeness (QED) is 0.597. The molecule has 0 spiro atoms. The Morgan fingerprint density at radius 1 is 1.14 bits per heavy atom. The number of rotatable bonds is 8. The average molecular weight is 312 g/mol. The third kappa shape index (κ3) is 7.98. The Hall–Kier alpha value is -1.62. The van der Waals surface area contributed by atoms with Gasteiger partial charge in [-0.05, 0) is 19.8 Å². The molecule has 5 heteroatoms. The van der Waals surface area contributed by atoms with Crippen LogP contribution in [0.1, 0.15) is 58.8 Å². The summed E-state index contributed by atoms with van der Waals surface area (Å²) in [6, 6.07) is 0. The molecule has 1 unspecified atom stereocenters. The van der Waals surface area contributed by atoms with E-state index in [4.69, 9.17) is 15.3 Å². The van der Waals surface area contributed by atoms with Gasteiger partial charge in [0.2, 0.25) is 0 Å². The molecule has 1 aliphatic rings. The molecule has 0 saturated heterocycles. The Bertz CT molecular complexity index is 405. The van der Waals surface area contributed by atoms with Gasteiger partial charge in [-0.15, -0.1) is 0 Å². The SMILES string of the molecule is CC1(C(=O)O)C=CC=C(C(=O)O)C1.CCCCCCCCO. The number of aliphatic hydroxyl groups is 1. The standard InChI is InChI=1S/C9H10O4.C8H18O/c1-9(8(12)13)4-2-3-6(5-9)7(10)11;1-2-3-4-5-6-7-8-9/h2-4H,5H2,1H3,(H,10,11)(H,12,13);9H,2-8H2,1H3. The molecule has 0 aromatic heterocycles. The predicted molar refractivity (Wildman–Crippen MR) is 85.7 cm³/mol. The van der Waals surface area contributed by atoms with E-state index in [9.17, 15) is 9.59 Å². The summed E-state index contributed by atoms with van der Waals surface area (Å²) in [6.07, 6.45) is 11.9. The van der Waals surface area contributed by atoms with E-state index in [1.807, 2.05) is 0 Å². The topological polar surface area (TPSA) is 94.8 Å². The maximum Gasteiger partial charge on any atom is 0.331 e. The average Bonchev–Trinajstić information content (AvgIpc) is 2.48. The van der Waals surface area contributed by atoms with E-state index in [2.05, 4.69) is 6.92 Å². The van der Waals surface area contributed by atoms with Gasteiger partial charge in [-0.25, -0.2) is 4.79 Å². The minimum Gasteiger partial charge on any atom is -0.481 e. The first kappa shape index (κ1) is 20.4. The summed E-state index contributed by atoms with van der Waals surface area (Å²) < 4.78 is 0. The van der Waals surface area contributed by atoms with Gasteiger partial charge in [0, 0.05) is 12.2 Å². The number of unbranched alkanes of at least 4 members (excludes halogenated alkanes) is 5. The number of carbonyl (C=O) groups is 2. The van der Waals surface area contributed by atoms with Gasteiger partial charge in [-0.1, -0.05) is 57.3 Å². The number of carboxylic acid groups (broad SMARTS) is 2. The lowest BCUT2D eigenvalue weighted by Crippen LogP contribution is -2.28. The van der Waals surface area contributed by atoms with E-state index < -0.39 is 17.4 Å². The molecule has 22 heavy (non-hydrogen) atoms. The largest absolute Gasteiger partial charge is 0.481 e. The molecule has 0 aromatic rings. The summed E-state index contributed by atoms with van der Waals surface area (Å²) in [5.74, 6) is -2.06. The van der Waals surface area contributed by atoms with Gasteiger partial charge in [-0.2, -0.15) is 0 Å². The van der Waals surface area contributed by atoms with Crippen LogP contribution in [0.25, 0.3) is 0 Å². The van der Waals surface area contributed by atoms with Crippen molar-refractivity contribution in [3.63, 3.8) is 0 Å². The van der Waals surface area contributed by atoms with E-state index in [1.165, 1.54) is 57.3 Å². The second-order valence-electron chi connectivity index (χ2n) is 5.75. The van der Waals surface area contributed by atoms with Crippen LogP contribution in [-0.4, -0.2) is 33.9 Å². The Morgan fingerprint density at radius 2 is 1.73 bits per heavy atom. The van der Waals surface area contributed by atoms with Crippen molar-refractivity contribution < 1.29 is 24.9 Å². The smallest absolute Gasteiger partial charge is 0.331 e. The molecule has 3 N–H and O–H groups in total. The Morgan fingerprint density at radius 3 is 2.23 bits per heavy atom. The highest BCUT2D eigenvalue weighted by Crippen LogP contribution is 2.31. The predicted octanol–water partition coefficient (Wildman–Crippen LogP) is 3.39. The maximum absolute atomic E-state index is 10.8. The monoisotopic (exact) mass is 312 g/mol. The first-order valence-corrected chi connectivity index (χ1v) is 7.83. The minimum absolute atomic E-state index is 0.0359. The number of carboxylic acids is 2. The van der Waals surface area contributed by atoms with Gasteiger partial charge < -0.3 is 15.3 Å². The fourth-order valence-corrected chi connectivity index (χ4v) is 2.08. The van der Waals surface area contributed by atoms with E-state index in [1.54, 1.807) is 0 Å². The molecule has 0 saturated carbocycles. The normalized spacial score (nSPS) is 19.9. The molecule has 0 amide bonds. The van der Waals surface area contributed by atoms with Crippen molar-refractivity contribution in [3.8, 4) is 0 Å². The van der Waals surface area contributed by atoms with E-state index >= 15 is 0 Å². The first-order chi connectivity index (χ1) is 10.4. The van der Waals surface area contributed by atoms with Crippen molar-refractivity contribution in [3.05, 3.63) is 23.8 Å². The van der Waals surface area contributed by atoms with Crippen LogP contribution < -0.4 is 0 Å². The summed E-state index contributed by atoms with van der Waals surface area (Å²) in [6.45, 7) is 4.08. The van der Waals surface area contributed by atoms with Gasteiger partial charge in [0.05, 0.1) is 5.41 Å². The molecule has 0 fully saturated rings. The van der Waals surface area contributed by atoms with Crippen LogP contribution >= 0.6 is 0 Å². The second-order valence-corrected chi connectivity index (χ2v) is 5.75. The van der Waals surface area contributed by atoms with E-state index in [0.717, 1.165) is 6.42 Å². The molecule has 5 nitrogen and oxygen atoms in total. The third-order valence-electron chi connectivity index (χ3n) is 3.59. The lowest BCUT2D eigenvalue weighted by atomic mass is 9.80. The molecule has 0 heterocycles. The third-order valence-corrected chi connectivity index (χ3v) is 3.59. The lowest BCUT2D eigenvalue weighted by molar-refractivity contribution is -0.145. The molecular formula is C17H28O5. The zero-order valence-electron chi connectivity index (χ0n) is 13.5. The number of hydrogen-bond donors (Lipinski definition) is 3. The van der Waals surface area contributed by atoms with Crippen LogP contribution in [0.5, 0.6) is 0 Å². The summed E-state index contributed by atoms with van der Waals surface area (Å²) in [5.41, 5.74) is -0.949. The van der Waals surface area contributed by atoms with Gasteiger partial charge >= 0.3 is 11.9 Å². The summed E-state index contributed by atoms with van der Waals surface area (Å²) in [7, 11) is 0. The highest BCUT2D eigenvalue weighted by atomic mass is 16.4. The zero-order chi connectivity index (χ0) is 17.0. The number of allylic oxidation sites excluding steroid dienone is 2. The number of aliphatic hydroxyl groups excluding tert-OH is 1. The zero-order valence-corrected chi connectivity index (χ0v) is 13.5. The van der Waals surface area contributed by atoms with Crippen molar-refractivity contribution in [1.82, 2.24) is 0 Å². The molecule has 0 radical (unpaired) electrons. The fourth-order valence-electron chi connectivity index (χ4n) is 2.08. The van der Waals surface area contributed by atoms with Crippen molar-refractivity contribution in [1.29, 1.82) is 0 Å². The van der Waals surface area contributed by atoms with Gasteiger partial charge in [0.25, 0.3) is 0 Å². The Balaban J connectivity index is 0.000000433. The Labute approximate surface area is 132 Å². The van der Waals surface area contributed by atoms with Gasteiger partial charge in [0.1, 0.15) is 0 Å². The molecule has 126 valence electrons. The van der Waals surface area contributed by atoms with Crippen molar-refractivity contribution in [2.24, 2.45) is 5.41 Å². The molecule has 0 aliphatic heterocycles. The van der Waals surface area contributed by atoms with Crippen LogP contribution in [0.4, 0.5) is 0 Å². The molecule has 1 atom stereocenters. The molecule has 1 rings (SSSR count). The lowest BCUT2D eigenvalue weighted by Gasteiger charge is -2.23. The van der Waals surface area contributed by atoms with Crippen molar-refractivity contribution in [2.75, 3.05) is 6.61 Å². The van der Waals surface area contributed by atoms with Crippen molar-refractivity contribution >= 4 is 11.9 Å². The molecular weight excluding hydrogens is 284 g/mol. The van der Waals surface area contributed by atoms with Crippen LogP contribution in [0, 0.1) is 5.41 Å². The van der Waals surface area contributed by atoms with Gasteiger partial charge in [-0.3, -0.25) is 4.79 Å². The van der Waals surface area contributed by atoms with E-state index in [0.29, 0.717) is 6.61 Å². The molecule has 0 bridgehead atoms. The first-order valence-electron chi connectivity index (χ1n) is 7.83. The van der Waals surface area contributed by atoms with Crippen molar-refractivity contribution in [2.45, 2.75) is 58.8 Å². The highest BCUT2D eigenvalue weighted by Gasteiger charge is 2.34. The Kier molecular flexibility index (Phi) is 10.2. The maximum atomic E-state index is 10.8. The van der Waals surface area contributed by atoms with Gasteiger partial charge in [0.15, 0.2) is 0 Å². The van der Waals surface area contributed by atoms with Crippen LogP contribution in [0.2, 0.25) is 0 Å². The van der Waals surface area contributed by atoms with Crippen LogP contribution in [0.15, 0.2) is 23.8 Å². The summed E-state index contributed by atoms with van der Waals surface area (Å²) in [5, 5.41) is 25.9. The highest BCUT2D eigenvalue weighted by molar-refractivity contribution is 5.90.